The molecule has 0 radical (unpaired) electrons. The Bertz CT molecular complexity index is 993. The molecule has 104 valence electrons. The summed E-state index contributed by atoms with van der Waals surface area (Å²) in [5.41, 5.74) is 3.15. The molecule has 0 aliphatic rings. The lowest BCUT2D eigenvalue weighted by atomic mass is 9.96. The van der Waals surface area contributed by atoms with Gasteiger partial charge < -0.3 is 0 Å². The monoisotopic (exact) mass is 282 g/mol. The van der Waals surface area contributed by atoms with Gasteiger partial charge in [0, 0.05) is 5.56 Å². The van der Waals surface area contributed by atoms with Crippen LogP contribution in [0.15, 0.2) is 78.9 Å². The van der Waals surface area contributed by atoms with E-state index in [1.54, 1.807) is 0 Å². The summed E-state index contributed by atoms with van der Waals surface area (Å²) in [6.45, 7) is 0. The Balaban J connectivity index is 1.95. The lowest BCUT2D eigenvalue weighted by Crippen LogP contribution is -1.84. The van der Waals surface area contributed by atoms with Gasteiger partial charge in [-0.2, -0.15) is 0 Å². The second-order valence-electron chi connectivity index (χ2n) is 5.47. The minimum atomic E-state index is 0.713. The van der Waals surface area contributed by atoms with Crippen LogP contribution in [0.4, 0.5) is 0 Å². The Morgan fingerprint density at radius 3 is 2.32 bits per heavy atom. The van der Waals surface area contributed by atoms with Gasteiger partial charge in [0.05, 0.1) is 0 Å². The van der Waals surface area contributed by atoms with E-state index in [-0.39, 0.29) is 0 Å². The molecule has 0 saturated carbocycles. The number of carbonyl (C=O) groups excluding carboxylic acids is 1. The molecule has 0 spiro atoms. The van der Waals surface area contributed by atoms with E-state index in [9.17, 15) is 4.79 Å². The molecule has 0 fully saturated rings. The normalized spacial score (nSPS) is 10.9. The van der Waals surface area contributed by atoms with Crippen molar-refractivity contribution in [2.75, 3.05) is 0 Å². The highest BCUT2D eigenvalue weighted by Gasteiger charge is 2.04. The van der Waals surface area contributed by atoms with Crippen molar-refractivity contribution >= 4 is 27.8 Å². The lowest BCUT2D eigenvalue weighted by Gasteiger charge is -2.08. The van der Waals surface area contributed by atoms with Gasteiger partial charge in [0.1, 0.15) is 6.29 Å². The van der Waals surface area contributed by atoms with Gasteiger partial charge in [-0.3, -0.25) is 4.79 Å². The van der Waals surface area contributed by atoms with E-state index in [1.165, 1.54) is 21.9 Å². The molecule has 0 aromatic heterocycles. The fourth-order valence-corrected chi connectivity index (χ4v) is 2.98. The zero-order valence-corrected chi connectivity index (χ0v) is 12.0. The number of carbonyl (C=O) groups is 1. The van der Waals surface area contributed by atoms with Gasteiger partial charge in [-0.15, -0.1) is 0 Å². The molecule has 0 atom stereocenters. The Kier molecular flexibility index (Phi) is 2.97. The van der Waals surface area contributed by atoms with E-state index < -0.39 is 0 Å². The smallest absolute Gasteiger partial charge is 0.150 e. The molecule has 0 saturated heterocycles. The number of hydrogen-bond acceptors (Lipinski definition) is 1. The number of hydrogen-bond donors (Lipinski definition) is 0. The maximum absolute atomic E-state index is 10.9. The molecule has 4 rings (SSSR count). The van der Waals surface area contributed by atoms with Gasteiger partial charge in [0.15, 0.2) is 0 Å². The first kappa shape index (κ1) is 12.8. The van der Waals surface area contributed by atoms with Crippen LogP contribution in [0.3, 0.4) is 0 Å². The van der Waals surface area contributed by atoms with Crippen molar-refractivity contribution in [2.24, 2.45) is 0 Å². The van der Waals surface area contributed by atoms with Gasteiger partial charge in [0.25, 0.3) is 0 Å². The Labute approximate surface area is 128 Å². The maximum atomic E-state index is 10.9. The van der Waals surface area contributed by atoms with E-state index in [0.29, 0.717) is 5.56 Å². The average molecular weight is 282 g/mol. The molecule has 0 unspecified atom stereocenters. The molecular weight excluding hydrogens is 268 g/mol. The van der Waals surface area contributed by atoms with E-state index >= 15 is 0 Å². The van der Waals surface area contributed by atoms with Gasteiger partial charge in [-0.25, -0.2) is 0 Å². The van der Waals surface area contributed by atoms with Crippen molar-refractivity contribution in [1.82, 2.24) is 0 Å². The fourth-order valence-electron chi connectivity index (χ4n) is 2.98. The summed E-state index contributed by atoms with van der Waals surface area (Å²) in [6, 6.07) is 27.0. The zero-order chi connectivity index (χ0) is 14.9. The van der Waals surface area contributed by atoms with Crippen molar-refractivity contribution in [3.63, 3.8) is 0 Å². The molecule has 4 aromatic rings. The third-order valence-electron chi connectivity index (χ3n) is 4.10. The Morgan fingerprint density at radius 2 is 1.41 bits per heavy atom. The van der Waals surface area contributed by atoms with Gasteiger partial charge in [-0.1, -0.05) is 66.7 Å². The molecule has 0 N–H and O–H groups in total. The van der Waals surface area contributed by atoms with Gasteiger partial charge in [0.2, 0.25) is 0 Å². The summed E-state index contributed by atoms with van der Waals surface area (Å²) >= 11 is 0. The molecule has 1 heteroatoms. The van der Waals surface area contributed by atoms with Crippen molar-refractivity contribution in [3.05, 3.63) is 84.4 Å². The first-order valence-electron chi connectivity index (χ1n) is 7.32. The summed E-state index contributed by atoms with van der Waals surface area (Å²) in [5, 5.41) is 4.75. The van der Waals surface area contributed by atoms with Crippen LogP contribution < -0.4 is 0 Å². The van der Waals surface area contributed by atoms with Crippen LogP contribution in [-0.4, -0.2) is 6.29 Å². The number of aldehydes is 1. The van der Waals surface area contributed by atoms with E-state index in [0.717, 1.165) is 17.1 Å². The minimum absolute atomic E-state index is 0.713. The van der Waals surface area contributed by atoms with Crippen LogP contribution in [0.25, 0.3) is 32.7 Å². The maximum Gasteiger partial charge on any atom is 0.150 e. The molecule has 4 aromatic carbocycles. The van der Waals surface area contributed by atoms with Crippen molar-refractivity contribution in [1.29, 1.82) is 0 Å². The molecule has 0 aliphatic heterocycles. The quantitative estimate of drug-likeness (QED) is 0.445. The Morgan fingerprint density at radius 1 is 0.636 bits per heavy atom. The first-order chi connectivity index (χ1) is 10.8. The van der Waals surface area contributed by atoms with Crippen LogP contribution in [0, 0.1) is 0 Å². The number of rotatable bonds is 2. The highest BCUT2D eigenvalue weighted by Crippen LogP contribution is 2.30. The van der Waals surface area contributed by atoms with Gasteiger partial charge in [-0.05, 0) is 44.8 Å². The molecular formula is C21H14O. The fraction of sp³-hybridized carbons (Fsp3) is 0. The summed E-state index contributed by atoms with van der Waals surface area (Å²) in [5.74, 6) is 0. The second kappa shape index (κ2) is 5.12. The lowest BCUT2D eigenvalue weighted by molar-refractivity contribution is 0.112. The third kappa shape index (κ3) is 2.08. The SMILES string of the molecule is O=Cc1ccc2cc(-c3cccc4ccccc34)ccc2c1. The van der Waals surface area contributed by atoms with E-state index in [4.69, 9.17) is 0 Å². The summed E-state index contributed by atoms with van der Waals surface area (Å²) in [6.07, 6.45) is 0.887. The summed E-state index contributed by atoms with van der Waals surface area (Å²) < 4.78 is 0. The Hall–Kier alpha value is -2.93. The van der Waals surface area contributed by atoms with Crippen molar-refractivity contribution < 1.29 is 4.79 Å². The summed E-state index contributed by atoms with van der Waals surface area (Å²) in [7, 11) is 0. The van der Waals surface area contributed by atoms with Crippen LogP contribution in [-0.2, 0) is 0 Å². The highest BCUT2D eigenvalue weighted by molar-refractivity contribution is 5.99. The topological polar surface area (TPSA) is 17.1 Å². The minimum Gasteiger partial charge on any atom is -0.298 e. The first-order valence-corrected chi connectivity index (χ1v) is 7.32. The molecule has 22 heavy (non-hydrogen) atoms. The van der Waals surface area contributed by atoms with Gasteiger partial charge >= 0.3 is 0 Å². The van der Waals surface area contributed by atoms with Crippen LogP contribution in [0.2, 0.25) is 0 Å². The molecule has 1 nitrogen and oxygen atoms in total. The largest absolute Gasteiger partial charge is 0.298 e. The predicted molar refractivity (Wildman–Crippen MR) is 92.3 cm³/mol. The number of fused-ring (bicyclic) bond motifs is 2. The average Bonchev–Trinajstić information content (AvgIpc) is 2.60. The zero-order valence-electron chi connectivity index (χ0n) is 12.0. The third-order valence-corrected chi connectivity index (χ3v) is 4.10. The van der Waals surface area contributed by atoms with Crippen LogP contribution in [0.1, 0.15) is 10.4 Å². The standard InChI is InChI=1S/C21H14O/c22-14-15-8-9-18-13-19(11-10-17(18)12-15)21-7-3-5-16-4-1-2-6-20(16)21/h1-14H. The summed E-state index contributed by atoms with van der Waals surface area (Å²) in [4.78, 5) is 10.9. The molecule has 0 bridgehead atoms. The van der Waals surface area contributed by atoms with Crippen LogP contribution in [0.5, 0.6) is 0 Å². The molecule has 0 heterocycles. The molecule has 0 aliphatic carbocycles. The molecule has 0 amide bonds. The predicted octanol–water partition coefficient (Wildman–Crippen LogP) is 5.47. The highest BCUT2D eigenvalue weighted by atomic mass is 16.1. The van der Waals surface area contributed by atoms with Crippen molar-refractivity contribution in [2.45, 2.75) is 0 Å². The van der Waals surface area contributed by atoms with Crippen molar-refractivity contribution in [3.8, 4) is 11.1 Å². The van der Waals surface area contributed by atoms with E-state index in [1.807, 2.05) is 18.2 Å². The van der Waals surface area contributed by atoms with E-state index in [2.05, 4.69) is 60.7 Å². The second-order valence-corrected chi connectivity index (χ2v) is 5.47. The number of benzene rings is 4. The van der Waals surface area contributed by atoms with Crippen LogP contribution >= 0.6 is 0 Å².